The molecule has 0 spiro atoms. The quantitative estimate of drug-likeness (QED) is 0.327. The van der Waals surface area contributed by atoms with Crippen molar-refractivity contribution in [2.45, 2.75) is 6.54 Å². The van der Waals surface area contributed by atoms with Gasteiger partial charge >= 0.3 is 0 Å². The molecule has 0 aliphatic heterocycles. The summed E-state index contributed by atoms with van der Waals surface area (Å²) in [7, 11) is 0. The third kappa shape index (κ3) is 4.74. The first-order valence-electron chi connectivity index (χ1n) is 10.3. The number of H-pyrrole nitrogens is 1. The topological polar surface area (TPSA) is 130 Å². The minimum atomic E-state index is -0.518. The maximum absolute atomic E-state index is 12.4. The van der Waals surface area contributed by atoms with Gasteiger partial charge in [0.2, 0.25) is 5.82 Å². The zero-order valence-corrected chi connectivity index (χ0v) is 18.5. The standard InChI is InChI=1S/C23H18N8O2S/c32-22(27-28-23(33)19-13-18(24-25-19)20-7-4-12-34-20)17-10-8-15(9-11-17)14-31-29-21(26-30-31)16-5-2-1-3-6-16/h1-13H,14H2,(H,24,25)(H,27,32)(H,28,33). The summed E-state index contributed by atoms with van der Waals surface area (Å²) >= 11 is 1.53. The molecule has 0 saturated carbocycles. The minimum Gasteiger partial charge on any atom is -0.276 e. The van der Waals surface area contributed by atoms with Crippen molar-refractivity contribution in [1.29, 1.82) is 0 Å². The van der Waals surface area contributed by atoms with Crippen LogP contribution in [0.5, 0.6) is 0 Å². The number of hydrogen-bond acceptors (Lipinski definition) is 7. The van der Waals surface area contributed by atoms with Gasteiger partial charge in [-0.05, 0) is 40.4 Å². The number of carbonyl (C=O) groups is 2. The summed E-state index contributed by atoms with van der Waals surface area (Å²) in [5.74, 6) is -0.415. The molecule has 0 aliphatic rings. The van der Waals surface area contributed by atoms with Crippen LogP contribution in [0.2, 0.25) is 0 Å². The van der Waals surface area contributed by atoms with Crippen molar-refractivity contribution in [3.8, 4) is 22.0 Å². The summed E-state index contributed by atoms with van der Waals surface area (Å²) in [4.78, 5) is 27.2. The number of aromatic nitrogens is 6. The van der Waals surface area contributed by atoms with Crippen molar-refractivity contribution in [3.63, 3.8) is 0 Å². The number of carbonyl (C=O) groups excluding carboxylic acids is 2. The predicted molar refractivity (Wildman–Crippen MR) is 126 cm³/mol. The van der Waals surface area contributed by atoms with Gasteiger partial charge in [0.1, 0.15) is 0 Å². The number of aromatic amines is 1. The monoisotopic (exact) mass is 470 g/mol. The molecule has 168 valence electrons. The first-order chi connectivity index (χ1) is 16.7. The SMILES string of the molecule is O=C(NNC(=O)c1cc(-c2cccs2)[nH]n1)c1ccc(Cn2nnc(-c3ccccc3)n2)cc1. The average Bonchev–Trinajstić information content (AvgIpc) is 3.65. The first kappa shape index (κ1) is 21.2. The van der Waals surface area contributed by atoms with E-state index in [9.17, 15) is 9.59 Å². The van der Waals surface area contributed by atoms with Crippen LogP contribution in [0.4, 0.5) is 0 Å². The Hall–Kier alpha value is -4.64. The van der Waals surface area contributed by atoms with Crippen molar-refractivity contribution in [2.24, 2.45) is 0 Å². The second-order valence-corrected chi connectivity index (χ2v) is 8.21. The number of nitrogens with one attached hydrogen (secondary N) is 3. The van der Waals surface area contributed by atoms with Gasteiger partial charge in [0.25, 0.3) is 11.8 Å². The first-order valence-corrected chi connectivity index (χ1v) is 11.2. The summed E-state index contributed by atoms with van der Waals surface area (Å²) in [6.07, 6.45) is 0. The molecule has 5 aromatic rings. The normalized spacial score (nSPS) is 10.7. The molecule has 3 aromatic heterocycles. The lowest BCUT2D eigenvalue weighted by Crippen LogP contribution is -2.41. The molecule has 11 heteroatoms. The second kappa shape index (κ2) is 9.46. The number of amides is 2. The Morgan fingerprint density at radius 3 is 2.50 bits per heavy atom. The summed E-state index contributed by atoms with van der Waals surface area (Å²) in [5, 5.41) is 21.3. The van der Waals surface area contributed by atoms with Crippen molar-refractivity contribution < 1.29 is 9.59 Å². The molecule has 0 fully saturated rings. The van der Waals surface area contributed by atoms with Gasteiger partial charge in [-0.2, -0.15) is 9.90 Å². The maximum atomic E-state index is 12.4. The van der Waals surface area contributed by atoms with E-state index in [2.05, 4.69) is 36.5 Å². The molecule has 5 rings (SSSR count). The number of thiophene rings is 1. The van der Waals surface area contributed by atoms with Crippen molar-refractivity contribution in [1.82, 2.24) is 41.3 Å². The Kier molecular flexibility index (Phi) is 5.91. The molecule has 34 heavy (non-hydrogen) atoms. The van der Waals surface area contributed by atoms with Crippen LogP contribution in [-0.4, -0.2) is 42.2 Å². The molecule has 0 bridgehead atoms. The van der Waals surface area contributed by atoms with Gasteiger partial charge in [-0.1, -0.05) is 48.5 Å². The predicted octanol–water partition coefficient (Wildman–Crippen LogP) is 2.91. The molecular weight excluding hydrogens is 452 g/mol. The van der Waals surface area contributed by atoms with E-state index in [1.54, 1.807) is 30.3 Å². The Bertz CT molecular complexity index is 1410. The molecule has 0 radical (unpaired) electrons. The molecule has 0 atom stereocenters. The maximum Gasteiger partial charge on any atom is 0.290 e. The molecule has 2 aromatic carbocycles. The Labute approximate surface area is 197 Å². The zero-order valence-electron chi connectivity index (χ0n) is 17.7. The van der Waals surface area contributed by atoms with Crippen LogP contribution in [0.25, 0.3) is 22.0 Å². The molecule has 10 nitrogen and oxygen atoms in total. The lowest BCUT2D eigenvalue weighted by molar-refractivity contribution is 0.0844. The third-order valence-corrected chi connectivity index (χ3v) is 5.81. The van der Waals surface area contributed by atoms with E-state index in [1.165, 1.54) is 16.1 Å². The van der Waals surface area contributed by atoms with E-state index in [0.29, 0.717) is 17.9 Å². The number of tetrazole rings is 1. The number of nitrogens with zero attached hydrogens (tertiary/aromatic N) is 5. The van der Waals surface area contributed by atoms with Crippen LogP contribution in [-0.2, 0) is 6.54 Å². The van der Waals surface area contributed by atoms with E-state index in [0.717, 1.165) is 21.7 Å². The second-order valence-electron chi connectivity index (χ2n) is 7.26. The van der Waals surface area contributed by atoms with Gasteiger partial charge in [-0.15, -0.1) is 21.5 Å². The average molecular weight is 471 g/mol. The highest BCUT2D eigenvalue weighted by Crippen LogP contribution is 2.22. The lowest BCUT2D eigenvalue weighted by atomic mass is 10.1. The van der Waals surface area contributed by atoms with Crippen LogP contribution in [0, 0.1) is 0 Å². The van der Waals surface area contributed by atoms with E-state index < -0.39 is 11.8 Å². The van der Waals surface area contributed by atoms with Gasteiger partial charge in [0.05, 0.1) is 17.1 Å². The molecule has 3 N–H and O–H groups in total. The fourth-order valence-corrected chi connectivity index (χ4v) is 3.88. The molecule has 3 heterocycles. The van der Waals surface area contributed by atoms with Gasteiger partial charge in [0, 0.05) is 11.1 Å². The summed E-state index contributed by atoms with van der Waals surface area (Å²) in [6.45, 7) is 0.407. The molecule has 2 amide bonds. The highest BCUT2D eigenvalue weighted by atomic mass is 32.1. The summed E-state index contributed by atoms with van der Waals surface area (Å²) < 4.78 is 0. The van der Waals surface area contributed by atoms with Crippen LogP contribution in [0.1, 0.15) is 26.4 Å². The number of rotatable bonds is 6. The Balaban J connectivity index is 1.16. The fourth-order valence-electron chi connectivity index (χ4n) is 3.18. The van der Waals surface area contributed by atoms with E-state index >= 15 is 0 Å². The highest BCUT2D eigenvalue weighted by Gasteiger charge is 2.14. The van der Waals surface area contributed by atoms with Gasteiger partial charge < -0.3 is 0 Å². The Morgan fingerprint density at radius 2 is 1.74 bits per heavy atom. The van der Waals surface area contributed by atoms with E-state index in [1.807, 2.05) is 47.8 Å². The van der Waals surface area contributed by atoms with Gasteiger partial charge in [-0.25, -0.2) is 0 Å². The number of hydrazine groups is 1. The third-order valence-electron chi connectivity index (χ3n) is 4.91. The van der Waals surface area contributed by atoms with Crippen molar-refractivity contribution in [3.05, 3.63) is 95.0 Å². The minimum absolute atomic E-state index is 0.175. The molecular formula is C23H18N8O2S. The van der Waals surface area contributed by atoms with Gasteiger partial charge in [-0.3, -0.25) is 25.5 Å². The van der Waals surface area contributed by atoms with Crippen LogP contribution >= 0.6 is 11.3 Å². The molecule has 0 saturated heterocycles. The number of hydrogen-bond donors (Lipinski definition) is 3. The van der Waals surface area contributed by atoms with E-state index in [-0.39, 0.29) is 5.69 Å². The van der Waals surface area contributed by atoms with Gasteiger partial charge in [0.15, 0.2) is 5.69 Å². The van der Waals surface area contributed by atoms with Crippen LogP contribution in [0.15, 0.2) is 78.2 Å². The highest BCUT2D eigenvalue weighted by molar-refractivity contribution is 7.13. The van der Waals surface area contributed by atoms with Crippen molar-refractivity contribution >= 4 is 23.2 Å². The summed E-state index contributed by atoms with van der Waals surface area (Å²) in [5.41, 5.74) is 7.87. The largest absolute Gasteiger partial charge is 0.290 e. The number of benzene rings is 2. The lowest BCUT2D eigenvalue weighted by Gasteiger charge is -2.07. The molecule has 0 aliphatic carbocycles. The Morgan fingerprint density at radius 1 is 0.941 bits per heavy atom. The summed E-state index contributed by atoms with van der Waals surface area (Å²) in [6, 6.07) is 22.0. The fraction of sp³-hybridized carbons (Fsp3) is 0.0435. The molecule has 0 unspecified atom stereocenters. The zero-order chi connectivity index (χ0) is 23.3. The van der Waals surface area contributed by atoms with Crippen LogP contribution in [0.3, 0.4) is 0 Å². The van der Waals surface area contributed by atoms with E-state index in [4.69, 9.17) is 0 Å². The van der Waals surface area contributed by atoms with Crippen LogP contribution < -0.4 is 10.9 Å². The van der Waals surface area contributed by atoms with Crippen molar-refractivity contribution in [2.75, 3.05) is 0 Å². The smallest absolute Gasteiger partial charge is 0.276 e.